The van der Waals surface area contributed by atoms with E-state index in [2.05, 4.69) is 4.72 Å². The maximum atomic E-state index is 13.0. The minimum atomic E-state index is -4.56. The molecular formula is C17H18F3NO4S. The average molecular weight is 389 g/mol. The fourth-order valence-corrected chi connectivity index (χ4v) is 3.21. The van der Waals surface area contributed by atoms with Crippen molar-refractivity contribution >= 4 is 15.7 Å². The molecule has 0 saturated carbocycles. The number of nitrogens with one attached hydrogen (secondary N) is 1. The van der Waals surface area contributed by atoms with Crippen molar-refractivity contribution in [2.45, 2.75) is 18.0 Å². The average Bonchev–Trinajstić information content (AvgIpc) is 2.56. The van der Waals surface area contributed by atoms with E-state index in [1.807, 2.05) is 0 Å². The zero-order valence-electron chi connectivity index (χ0n) is 14.1. The van der Waals surface area contributed by atoms with E-state index in [-0.39, 0.29) is 16.1 Å². The number of hydrogen-bond acceptors (Lipinski definition) is 4. The number of alkyl halides is 3. The van der Waals surface area contributed by atoms with Crippen LogP contribution in [-0.2, 0) is 20.9 Å². The number of sulfonamides is 1. The Morgan fingerprint density at radius 2 is 1.69 bits per heavy atom. The molecule has 0 radical (unpaired) electrons. The maximum Gasteiger partial charge on any atom is 0.416 e. The van der Waals surface area contributed by atoms with Gasteiger partial charge in [0.25, 0.3) is 10.0 Å². The lowest BCUT2D eigenvalue weighted by atomic mass is 10.1. The summed E-state index contributed by atoms with van der Waals surface area (Å²) in [5.41, 5.74) is -1.04. The maximum absolute atomic E-state index is 13.0. The number of benzene rings is 2. The lowest BCUT2D eigenvalue weighted by Gasteiger charge is -2.14. The fourth-order valence-electron chi connectivity index (χ4n) is 2.16. The highest BCUT2D eigenvalue weighted by molar-refractivity contribution is 7.92. The Morgan fingerprint density at radius 3 is 2.27 bits per heavy atom. The topological polar surface area (TPSA) is 64.6 Å². The van der Waals surface area contributed by atoms with Gasteiger partial charge in [0.2, 0.25) is 0 Å². The Balaban J connectivity index is 2.18. The lowest BCUT2D eigenvalue weighted by Crippen LogP contribution is -2.14. The van der Waals surface area contributed by atoms with Gasteiger partial charge < -0.3 is 9.47 Å². The summed E-state index contributed by atoms with van der Waals surface area (Å²) in [5, 5.41) is 0. The van der Waals surface area contributed by atoms with Crippen molar-refractivity contribution < 1.29 is 31.1 Å². The zero-order valence-corrected chi connectivity index (χ0v) is 14.9. The fraction of sp³-hybridized carbons (Fsp3) is 0.294. The van der Waals surface area contributed by atoms with Crippen molar-refractivity contribution in [1.82, 2.24) is 0 Å². The van der Waals surface area contributed by atoms with Crippen LogP contribution in [0.4, 0.5) is 18.9 Å². The van der Waals surface area contributed by atoms with Gasteiger partial charge in [-0.1, -0.05) is 6.07 Å². The van der Waals surface area contributed by atoms with E-state index in [4.69, 9.17) is 9.47 Å². The van der Waals surface area contributed by atoms with Gasteiger partial charge in [-0.05, 0) is 48.9 Å². The van der Waals surface area contributed by atoms with Crippen molar-refractivity contribution in [3.8, 4) is 5.75 Å². The minimum absolute atomic E-state index is 0.0120. The van der Waals surface area contributed by atoms with E-state index in [1.54, 1.807) is 0 Å². The highest BCUT2D eigenvalue weighted by Gasteiger charge is 2.32. The first-order chi connectivity index (χ1) is 12.1. The van der Waals surface area contributed by atoms with Gasteiger partial charge in [-0.3, -0.25) is 4.72 Å². The molecular weight excluding hydrogens is 371 g/mol. The van der Waals surface area contributed by atoms with Crippen LogP contribution >= 0.6 is 0 Å². The molecule has 0 heterocycles. The highest BCUT2D eigenvalue weighted by atomic mass is 32.2. The summed E-state index contributed by atoms with van der Waals surface area (Å²) in [7, 11) is -2.50. The Labute approximate surface area is 149 Å². The first-order valence-electron chi connectivity index (χ1n) is 7.56. The minimum Gasteiger partial charge on any atom is -0.491 e. The molecule has 26 heavy (non-hydrogen) atoms. The van der Waals surface area contributed by atoms with Crippen molar-refractivity contribution in [3.63, 3.8) is 0 Å². The third-order valence-electron chi connectivity index (χ3n) is 3.49. The molecule has 0 aliphatic carbocycles. The molecule has 0 bridgehead atoms. The predicted octanol–water partition coefficient (Wildman–Crippen LogP) is 3.84. The molecule has 5 nitrogen and oxygen atoms in total. The number of rotatable bonds is 7. The first-order valence-corrected chi connectivity index (χ1v) is 9.04. The van der Waals surface area contributed by atoms with Crippen LogP contribution in [0.5, 0.6) is 5.75 Å². The van der Waals surface area contributed by atoms with E-state index in [0.717, 1.165) is 6.07 Å². The molecule has 0 spiro atoms. The molecule has 0 aliphatic heterocycles. The van der Waals surface area contributed by atoms with Gasteiger partial charge in [0, 0.05) is 12.8 Å². The second-order valence-electron chi connectivity index (χ2n) is 5.45. The van der Waals surface area contributed by atoms with Crippen LogP contribution in [0.3, 0.4) is 0 Å². The summed E-state index contributed by atoms with van der Waals surface area (Å²) >= 11 is 0. The summed E-state index contributed by atoms with van der Waals surface area (Å²) in [5.74, 6) is 0.454. The summed E-state index contributed by atoms with van der Waals surface area (Å²) in [6, 6.07) is 8.81. The molecule has 2 aromatic carbocycles. The van der Waals surface area contributed by atoms with E-state index in [0.29, 0.717) is 19.0 Å². The Hall–Kier alpha value is -2.26. The van der Waals surface area contributed by atoms with Gasteiger partial charge >= 0.3 is 6.18 Å². The van der Waals surface area contributed by atoms with Crippen LogP contribution in [0, 0.1) is 6.92 Å². The van der Waals surface area contributed by atoms with Gasteiger partial charge in [0.15, 0.2) is 0 Å². The number of anilines is 1. The van der Waals surface area contributed by atoms with E-state index in [1.165, 1.54) is 50.4 Å². The molecule has 2 aromatic rings. The van der Waals surface area contributed by atoms with Gasteiger partial charge in [-0.25, -0.2) is 8.42 Å². The Kier molecular flexibility index (Phi) is 6.14. The monoisotopic (exact) mass is 389 g/mol. The molecule has 142 valence electrons. The summed E-state index contributed by atoms with van der Waals surface area (Å²) in [6.07, 6.45) is -4.56. The van der Waals surface area contributed by atoms with Crippen molar-refractivity contribution in [3.05, 3.63) is 53.6 Å². The van der Waals surface area contributed by atoms with Crippen molar-refractivity contribution in [1.29, 1.82) is 0 Å². The summed E-state index contributed by atoms with van der Waals surface area (Å²) < 4.78 is 75.9. The number of aryl methyl sites for hydroxylation is 1. The van der Waals surface area contributed by atoms with Gasteiger partial charge in [0.1, 0.15) is 12.4 Å². The second-order valence-corrected chi connectivity index (χ2v) is 7.13. The molecule has 2 rings (SSSR count). The number of methoxy groups -OCH3 is 1. The van der Waals surface area contributed by atoms with Crippen LogP contribution in [-0.4, -0.2) is 28.7 Å². The van der Waals surface area contributed by atoms with Gasteiger partial charge in [0.05, 0.1) is 17.1 Å². The van der Waals surface area contributed by atoms with Crippen LogP contribution in [0.2, 0.25) is 0 Å². The number of ether oxygens (including phenoxy) is 2. The molecule has 0 unspecified atom stereocenters. The van der Waals surface area contributed by atoms with Crippen molar-refractivity contribution in [2.24, 2.45) is 0 Å². The molecule has 0 aliphatic rings. The van der Waals surface area contributed by atoms with Crippen LogP contribution in [0.25, 0.3) is 0 Å². The normalized spacial score (nSPS) is 12.0. The smallest absolute Gasteiger partial charge is 0.416 e. The SMILES string of the molecule is COCCOc1ccc(S(=O)(=O)Nc2ccc(C)c(C(F)(F)F)c2)cc1. The van der Waals surface area contributed by atoms with E-state index >= 15 is 0 Å². The quantitative estimate of drug-likeness (QED) is 0.731. The predicted molar refractivity (Wildman–Crippen MR) is 90.8 cm³/mol. The van der Waals surface area contributed by atoms with Gasteiger partial charge in [-0.15, -0.1) is 0 Å². The third kappa shape index (κ3) is 5.12. The highest BCUT2D eigenvalue weighted by Crippen LogP contribution is 2.34. The lowest BCUT2D eigenvalue weighted by molar-refractivity contribution is -0.138. The number of halogens is 3. The van der Waals surface area contributed by atoms with Crippen LogP contribution in [0.1, 0.15) is 11.1 Å². The standard InChI is InChI=1S/C17H18F3NO4S/c1-12-3-4-13(11-16(12)17(18,19)20)21-26(22,23)15-7-5-14(6-8-15)25-10-9-24-2/h3-8,11,21H,9-10H2,1-2H3. The molecule has 9 heteroatoms. The second kappa shape index (κ2) is 7.96. The summed E-state index contributed by atoms with van der Waals surface area (Å²) in [4.78, 5) is -0.0919. The molecule has 0 saturated heterocycles. The first kappa shape index (κ1) is 20.1. The molecule has 0 fully saturated rings. The van der Waals surface area contributed by atoms with E-state index < -0.39 is 21.8 Å². The zero-order chi connectivity index (χ0) is 19.4. The largest absolute Gasteiger partial charge is 0.491 e. The Bertz CT molecular complexity index is 849. The van der Waals surface area contributed by atoms with Crippen LogP contribution in [0.15, 0.2) is 47.4 Å². The summed E-state index contributed by atoms with van der Waals surface area (Å²) in [6.45, 7) is 2.00. The molecule has 0 aromatic heterocycles. The van der Waals surface area contributed by atoms with E-state index in [9.17, 15) is 21.6 Å². The Morgan fingerprint density at radius 1 is 1.04 bits per heavy atom. The molecule has 0 amide bonds. The van der Waals surface area contributed by atoms with Gasteiger partial charge in [-0.2, -0.15) is 13.2 Å². The third-order valence-corrected chi connectivity index (χ3v) is 4.88. The van der Waals surface area contributed by atoms with Crippen molar-refractivity contribution in [2.75, 3.05) is 25.0 Å². The van der Waals surface area contributed by atoms with Crippen LogP contribution < -0.4 is 9.46 Å². The number of hydrogen-bond donors (Lipinski definition) is 1. The molecule has 0 atom stereocenters. The molecule has 1 N–H and O–H groups in total.